The van der Waals surface area contributed by atoms with Gasteiger partial charge in [-0.1, -0.05) is 17.7 Å². The molecule has 0 spiro atoms. The van der Waals surface area contributed by atoms with Crippen molar-refractivity contribution >= 4 is 34.6 Å². The Morgan fingerprint density at radius 3 is 2.58 bits per heavy atom. The maximum atomic E-state index is 6.12. The smallest absolute Gasteiger partial charge is 0.178 e. The standard InChI is InChI=1S/C14H20ClN3S/c1-10(2)17-8-16(4)9-18(14(17)19)13-7-12(15)6-5-11(13)3/h5-7,10H,8-9H2,1-4H3. The van der Waals surface area contributed by atoms with Gasteiger partial charge in [0.1, 0.15) is 0 Å². The largest absolute Gasteiger partial charge is 0.333 e. The number of halogens is 1. The average Bonchev–Trinajstić information content (AvgIpc) is 2.34. The Kier molecular flexibility index (Phi) is 4.33. The first kappa shape index (κ1) is 14.6. The molecule has 0 N–H and O–H groups in total. The molecule has 5 heteroatoms. The summed E-state index contributed by atoms with van der Waals surface area (Å²) in [6.07, 6.45) is 0. The third-order valence-electron chi connectivity index (χ3n) is 3.34. The van der Waals surface area contributed by atoms with Crippen LogP contribution < -0.4 is 4.90 Å². The molecule has 1 aromatic carbocycles. The maximum absolute atomic E-state index is 6.12. The Hall–Kier alpha value is -0.840. The molecule has 0 bridgehead atoms. The van der Waals surface area contributed by atoms with Crippen LogP contribution in [0.25, 0.3) is 0 Å². The van der Waals surface area contributed by atoms with Gasteiger partial charge in [-0.3, -0.25) is 4.90 Å². The summed E-state index contributed by atoms with van der Waals surface area (Å²) in [5.41, 5.74) is 2.28. The number of hydrogen-bond donors (Lipinski definition) is 0. The summed E-state index contributed by atoms with van der Waals surface area (Å²) >= 11 is 11.8. The lowest BCUT2D eigenvalue weighted by atomic mass is 10.2. The van der Waals surface area contributed by atoms with Crippen molar-refractivity contribution < 1.29 is 0 Å². The molecule has 0 radical (unpaired) electrons. The number of aryl methyl sites for hydroxylation is 1. The molecule has 104 valence electrons. The lowest BCUT2D eigenvalue weighted by Crippen LogP contribution is -2.59. The highest BCUT2D eigenvalue weighted by Gasteiger charge is 2.28. The first-order valence-electron chi connectivity index (χ1n) is 6.43. The summed E-state index contributed by atoms with van der Waals surface area (Å²) in [5, 5.41) is 1.62. The highest BCUT2D eigenvalue weighted by Crippen LogP contribution is 2.27. The number of nitrogens with zero attached hydrogens (tertiary/aromatic N) is 3. The van der Waals surface area contributed by atoms with Gasteiger partial charge in [0.15, 0.2) is 5.11 Å². The van der Waals surface area contributed by atoms with E-state index < -0.39 is 0 Å². The molecule has 0 atom stereocenters. The van der Waals surface area contributed by atoms with Crippen LogP contribution in [0.4, 0.5) is 5.69 Å². The summed E-state index contributed by atoms with van der Waals surface area (Å²) in [4.78, 5) is 6.62. The first-order chi connectivity index (χ1) is 8.90. The molecular weight excluding hydrogens is 278 g/mol. The van der Waals surface area contributed by atoms with Crippen molar-refractivity contribution in [3.63, 3.8) is 0 Å². The monoisotopic (exact) mass is 297 g/mol. The highest BCUT2D eigenvalue weighted by atomic mass is 35.5. The number of rotatable bonds is 2. The highest BCUT2D eigenvalue weighted by molar-refractivity contribution is 7.80. The van der Waals surface area contributed by atoms with E-state index in [1.54, 1.807) is 0 Å². The van der Waals surface area contributed by atoms with Gasteiger partial charge in [0, 0.05) is 16.8 Å². The van der Waals surface area contributed by atoms with Crippen LogP contribution in [-0.4, -0.2) is 41.3 Å². The third kappa shape index (κ3) is 3.02. The average molecular weight is 298 g/mol. The van der Waals surface area contributed by atoms with Crippen molar-refractivity contribution in [2.24, 2.45) is 0 Å². The molecule has 1 heterocycles. The van der Waals surface area contributed by atoms with Gasteiger partial charge in [-0.2, -0.15) is 0 Å². The molecule has 1 aliphatic rings. The second kappa shape index (κ2) is 5.65. The summed E-state index contributed by atoms with van der Waals surface area (Å²) < 4.78 is 0. The molecule has 1 saturated heterocycles. The van der Waals surface area contributed by atoms with Gasteiger partial charge >= 0.3 is 0 Å². The minimum Gasteiger partial charge on any atom is -0.333 e. The molecule has 0 aromatic heterocycles. The van der Waals surface area contributed by atoms with Crippen LogP contribution in [0, 0.1) is 6.92 Å². The molecule has 1 aliphatic heterocycles. The molecule has 2 rings (SSSR count). The van der Waals surface area contributed by atoms with Gasteiger partial charge < -0.3 is 9.80 Å². The van der Waals surface area contributed by atoms with Crippen LogP contribution in [0.2, 0.25) is 5.02 Å². The van der Waals surface area contributed by atoms with E-state index >= 15 is 0 Å². The molecule has 3 nitrogen and oxygen atoms in total. The first-order valence-corrected chi connectivity index (χ1v) is 7.21. The van der Waals surface area contributed by atoms with E-state index in [0.717, 1.165) is 29.2 Å². The fourth-order valence-electron chi connectivity index (χ4n) is 2.26. The zero-order valence-electron chi connectivity index (χ0n) is 11.9. The second-order valence-corrected chi connectivity index (χ2v) is 6.15. The topological polar surface area (TPSA) is 9.72 Å². The van der Waals surface area contributed by atoms with Crippen LogP contribution >= 0.6 is 23.8 Å². The lowest BCUT2D eigenvalue weighted by Gasteiger charge is -2.45. The van der Waals surface area contributed by atoms with Crippen molar-refractivity contribution in [3.05, 3.63) is 28.8 Å². The van der Waals surface area contributed by atoms with Gasteiger partial charge in [0.2, 0.25) is 0 Å². The van der Waals surface area contributed by atoms with E-state index in [-0.39, 0.29) is 0 Å². The molecule has 1 fully saturated rings. The fourth-order valence-corrected chi connectivity index (χ4v) is 2.85. The summed E-state index contributed by atoms with van der Waals surface area (Å²) in [6, 6.07) is 6.32. The lowest BCUT2D eigenvalue weighted by molar-refractivity contribution is 0.175. The zero-order chi connectivity index (χ0) is 14.2. The fraction of sp³-hybridized carbons (Fsp3) is 0.500. The third-order valence-corrected chi connectivity index (χ3v) is 4.03. The summed E-state index contributed by atoms with van der Waals surface area (Å²) in [6.45, 7) is 8.07. The molecule has 0 unspecified atom stereocenters. The van der Waals surface area contributed by atoms with E-state index in [1.165, 1.54) is 5.56 Å². The van der Waals surface area contributed by atoms with Crippen LogP contribution in [0.1, 0.15) is 19.4 Å². The van der Waals surface area contributed by atoms with E-state index in [2.05, 4.69) is 42.5 Å². The molecule has 19 heavy (non-hydrogen) atoms. The number of anilines is 1. The van der Waals surface area contributed by atoms with Crippen molar-refractivity contribution in [1.29, 1.82) is 0 Å². The van der Waals surface area contributed by atoms with Gasteiger partial charge in [0.25, 0.3) is 0 Å². The van der Waals surface area contributed by atoms with Crippen LogP contribution in [0.3, 0.4) is 0 Å². The van der Waals surface area contributed by atoms with Gasteiger partial charge in [-0.25, -0.2) is 0 Å². The summed E-state index contributed by atoms with van der Waals surface area (Å²) in [7, 11) is 2.10. The zero-order valence-corrected chi connectivity index (χ0v) is 13.4. The Labute approximate surface area is 125 Å². The van der Waals surface area contributed by atoms with Gasteiger partial charge in [-0.05, 0) is 57.7 Å². The predicted octanol–water partition coefficient (Wildman–Crippen LogP) is 3.31. The van der Waals surface area contributed by atoms with Crippen molar-refractivity contribution in [2.45, 2.75) is 26.8 Å². The van der Waals surface area contributed by atoms with E-state index in [4.69, 9.17) is 23.8 Å². The minimum absolute atomic E-state index is 0.386. The van der Waals surface area contributed by atoms with Gasteiger partial charge in [0.05, 0.1) is 13.3 Å². The normalized spacial score (nSPS) is 17.5. The number of benzene rings is 1. The molecule has 1 aromatic rings. The second-order valence-electron chi connectivity index (χ2n) is 5.34. The quantitative estimate of drug-likeness (QED) is 0.775. The molecule has 0 amide bonds. The Balaban J connectivity index is 2.37. The minimum atomic E-state index is 0.386. The van der Waals surface area contributed by atoms with Gasteiger partial charge in [-0.15, -0.1) is 0 Å². The molecular formula is C14H20ClN3S. The summed E-state index contributed by atoms with van der Waals surface area (Å²) in [5.74, 6) is 0. The Morgan fingerprint density at radius 1 is 1.26 bits per heavy atom. The van der Waals surface area contributed by atoms with Crippen LogP contribution in [0.5, 0.6) is 0 Å². The molecule has 0 aliphatic carbocycles. The van der Waals surface area contributed by atoms with E-state index in [1.807, 2.05) is 18.2 Å². The SMILES string of the molecule is Cc1ccc(Cl)cc1N1CN(C)CN(C(C)C)C1=S. The number of hydrogen-bond acceptors (Lipinski definition) is 2. The maximum Gasteiger partial charge on any atom is 0.178 e. The predicted molar refractivity (Wildman–Crippen MR) is 85.7 cm³/mol. The van der Waals surface area contributed by atoms with Crippen molar-refractivity contribution in [1.82, 2.24) is 9.80 Å². The number of thiocarbonyl (C=S) groups is 1. The van der Waals surface area contributed by atoms with Crippen molar-refractivity contribution in [3.8, 4) is 0 Å². The van der Waals surface area contributed by atoms with Crippen molar-refractivity contribution in [2.75, 3.05) is 25.3 Å². The van der Waals surface area contributed by atoms with Crippen LogP contribution in [-0.2, 0) is 0 Å². The Morgan fingerprint density at radius 2 is 1.95 bits per heavy atom. The molecule has 0 saturated carbocycles. The van der Waals surface area contributed by atoms with E-state index in [0.29, 0.717) is 6.04 Å². The van der Waals surface area contributed by atoms with E-state index in [9.17, 15) is 0 Å². The Bertz CT molecular complexity index is 490. The van der Waals surface area contributed by atoms with Crippen LogP contribution in [0.15, 0.2) is 18.2 Å².